The molecule has 32 heavy (non-hydrogen) atoms. The van der Waals surface area contributed by atoms with Crippen molar-refractivity contribution in [2.45, 2.75) is 32.0 Å². The fraction of sp³-hybridized carbons (Fsp3) is 0.292. The molecule has 0 aliphatic carbocycles. The Morgan fingerprint density at radius 2 is 2.12 bits per heavy atom. The largest absolute Gasteiger partial charge is 0.376 e. The Bertz CT molecular complexity index is 1170. The van der Waals surface area contributed by atoms with E-state index in [4.69, 9.17) is 4.74 Å². The van der Waals surface area contributed by atoms with Crippen molar-refractivity contribution < 1.29 is 14.3 Å². The third kappa shape index (κ3) is 5.25. The van der Waals surface area contributed by atoms with Gasteiger partial charge in [-0.3, -0.25) is 9.59 Å². The lowest BCUT2D eigenvalue weighted by molar-refractivity contribution is -0.122. The van der Waals surface area contributed by atoms with Crippen LogP contribution in [0.5, 0.6) is 0 Å². The molecule has 0 spiro atoms. The monoisotopic (exact) mass is 448 g/mol. The van der Waals surface area contributed by atoms with Crippen LogP contribution in [0.1, 0.15) is 23.3 Å². The van der Waals surface area contributed by atoms with Crippen LogP contribution in [-0.2, 0) is 27.4 Å². The van der Waals surface area contributed by atoms with E-state index >= 15 is 0 Å². The Kier molecular flexibility index (Phi) is 7.00. The first-order valence-corrected chi connectivity index (χ1v) is 11.4. The van der Waals surface area contributed by atoms with Crippen LogP contribution in [0.15, 0.2) is 53.5 Å². The standard InChI is InChI=1S/C24H24N4O3S/c25-12-17(24(30)27-14-20-6-4-10-32-20)11-18-15-28(22-8-2-1-7-21(18)22)16-23(29)26-13-19-5-3-9-31-19/h1-2,4,6-8,10-11,15,19H,3,5,9,13-14,16H2,(H,26,29)(H,27,30)/b17-11+/t19-/m1/s1. The Balaban J connectivity index is 1.49. The van der Waals surface area contributed by atoms with Crippen LogP contribution in [0.4, 0.5) is 0 Å². The summed E-state index contributed by atoms with van der Waals surface area (Å²) >= 11 is 1.54. The molecule has 2 amide bonds. The third-order valence-electron chi connectivity index (χ3n) is 5.35. The fourth-order valence-electron chi connectivity index (χ4n) is 3.74. The van der Waals surface area contributed by atoms with Crippen molar-refractivity contribution in [3.63, 3.8) is 0 Å². The van der Waals surface area contributed by atoms with E-state index in [9.17, 15) is 14.9 Å². The highest BCUT2D eigenvalue weighted by Gasteiger charge is 2.17. The van der Waals surface area contributed by atoms with Gasteiger partial charge in [-0.1, -0.05) is 24.3 Å². The number of carbonyl (C=O) groups is 2. The summed E-state index contributed by atoms with van der Waals surface area (Å²) in [6.45, 7) is 1.78. The first-order chi connectivity index (χ1) is 15.6. The number of nitrogens with one attached hydrogen (secondary N) is 2. The van der Waals surface area contributed by atoms with Gasteiger partial charge in [0.05, 0.1) is 12.6 Å². The second-order valence-corrected chi connectivity index (χ2v) is 8.63. The van der Waals surface area contributed by atoms with Crippen LogP contribution in [0.25, 0.3) is 17.0 Å². The topological polar surface area (TPSA) is 96.2 Å². The zero-order chi connectivity index (χ0) is 22.3. The molecule has 164 valence electrons. The number of carbonyl (C=O) groups excluding carboxylic acids is 2. The number of ether oxygens (including phenoxy) is 1. The Morgan fingerprint density at radius 1 is 1.25 bits per heavy atom. The van der Waals surface area contributed by atoms with Crippen molar-refractivity contribution in [1.82, 2.24) is 15.2 Å². The minimum atomic E-state index is -0.424. The molecule has 0 bridgehead atoms. The van der Waals surface area contributed by atoms with Gasteiger partial charge in [0.15, 0.2) is 0 Å². The lowest BCUT2D eigenvalue weighted by atomic mass is 10.1. The highest BCUT2D eigenvalue weighted by atomic mass is 32.1. The molecular formula is C24H24N4O3S. The zero-order valence-corrected chi connectivity index (χ0v) is 18.4. The number of aromatic nitrogens is 1. The van der Waals surface area contributed by atoms with Crippen LogP contribution < -0.4 is 10.6 Å². The van der Waals surface area contributed by atoms with E-state index in [0.717, 1.165) is 40.8 Å². The van der Waals surface area contributed by atoms with Gasteiger partial charge >= 0.3 is 0 Å². The number of nitriles is 1. The molecule has 1 aromatic carbocycles. The van der Waals surface area contributed by atoms with Gasteiger partial charge in [-0.2, -0.15) is 5.26 Å². The van der Waals surface area contributed by atoms with E-state index in [-0.39, 0.29) is 24.1 Å². The van der Waals surface area contributed by atoms with Crippen molar-refractivity contribution >= 4 is 40.1 Å². The summed E-state index contributed by atoms with van der Waals surface area (Å²) in [5.74, 6) is -0.530. The van der Waals surface area contributed by atoms with Gasteiger partial charge in [0.1, 0.15) is 18.2 Å². The molecule has 8 heteroatoms. The molecule has 7 nitrogen and oxygen atoms in total. The molecule has 2 N–H and O–H groups in total. The van der Waals surface area contributed by atoms with Crippen molar-refractivity contribution in [1.29, 1.82) is 5.26 Å². The molecule has 0 unspecified atom stereocenters. The maximum Gasteiger partial charge on any atom is 0.262 e. The van der Waals surface area contributed by atoms with E-state index in [0.29, 0.717) is 13.1 Å². The minimum Gasteiger partial charge on any atom is -0.376 e. The molecule has 1 aliphatic heterocycles. The minimum absolute atomic E-state index is 0.0206. The lowest BCUT2D eigenvalue weighted by Crippen LogP contribution is -2.34. The predicted octanol–water partition coefficient (Wildman–Crippen LogP) is 3.22. The van der Waals surface area contributed by atoms with Gasteiger partial charge in [0, 0.05) is 40.7 Å². The molecule has 1 fully saturated rings. The number of para-hydroxylation sites is 1. The van der Waals surface area contributed by atoms with E-state index in [1.807, 2.05) is 52.4 Å². The lowest BCUT2D eigenvalue weighted by Gasteiger charge is -2.11. The fourth-order valence-corrected chi connectivity index (χ4v) is 4.39. The highest BCUT2D eigenvalue weighted by Crippen LogP contribution is 2.24. The average molecular weight is 449 g/mol. The summed E-state index contributed by atoms with van der Waals surface area (Å²) in [4.78, 5) is 26.0. The number of hydrogen-bond acceptors (Lipinski definition) is 5. The molecular weight excluding hydrogens is 424 g/mol. The first-order valence-electron chi connectivity index (χ1n) is 10.5. The van der Waals surface area contributed by atoms with Gasteiger partial charge in [-0.15, -0.1) is 11.3 Å². The summed E-state index contributed by atoms with van der Waals surface area (Å²) in [5, 5.41) is 18.1. The number of rotatable bonds is 8. The number of amides is 2. The second kappa shape index (κ2) is 10.3. The molecule has 0 saturated carbocycles. The second-order valence-electron chi connectivity index (χ2n) is 7.60. The predicted molar refractivity (Wildman–Crippen MR) is 124 cm³/mol. The van der Waals surface area contributed by atoms with Gasteiger partial charge < -0.3 is 19.9 Å². The van der Waals surface area contributed by atoms with Crippen LogP contribution in [-0.4, -0.2) is 35.6 Å². The van der Waals surface area contributed by atoms with Crippen molar-refractivity contribution in [2.75, 3.05) is 13.2 Å². The van der Waals surface area contributed by atoms with Crippen LogP contribution >= 0.6 is 11.3 Å². The van der Waals surface area contributed by atoms with E-state index < -0.39 is 5.91 Å². The summed E-state index contributed by atoms with van der Waals surface area (Å²) < 4.78 is 7.39. The molecule has 1 aliphatic rings. The normalized spacial score (nSPS) is 16.1. The SMILES string of the molecule is N#C/C(=C\c1cn(CC(=O)NC[C@H]2CCCO2)c2ccccc12)C(=O)NCc1cccs1. The number of fused-ring (bicyclic) bond motifs is 1. The zero-order valence-electron chi connectivity index (χ0n) is 17.5. The summed E-state index contributed by atoms with van der Waals surface area (Å²) in [7, 11) is 0. The molecule has 1 saturated heterocycles. The van der Waals surface area contributed by atoms with E-state index in [1.165, 1.54) is 0 Å². The van der Waals surface area contributed by atoms with Crippen molar-refractivity contribution in [3.8, 4) is 6.07 Å². The number of hydrogen-bond donors (Lipinski definition) is 2. The van der Waals surface area contributed by atoms with Crippen LogP contribution in [0.2, 0.25) is 0 Å². The number of thiophene rings is 1. The molecule has 3 heterocycles. The molecule has 1 atom stereocenters. The first kappa shape index (κ1) is 21.8. The number of nitrogens with zero attached hydrogens (tertiary/aromatic N) is 2. The van der Waals surface area contributed by atoms with Crippen LogP contribution in [0, 0.1) is 11.3 Å². The smallest absolute Gasteiger partial charge is 0.262 e. The van der Waals surface area contributed by atoms with E-state index in [1.54, 1.807) is 23.6 Å². The van der Waals surface area contributed by atoms with Gasteiger partial charge in [0.2, 0.25) is 5.91 Å². The maximum absolute atomic E-state index is 12.5. The number of benzene rings is 1. The average Bonchev–Trinajstić information content (AvgIpc) is 3.57. The Morgan fingerprint density at radius 3 is 2.88 bits per heavy atom. The van der Waals surface area contributed by atoms with E-state index in [2.05, 4.69) is 10.6 Å². The molecule has 3 aromatic rings. The van der Waals surface area contributed by atoms with Crippen molar-refractivity contribution in [2.24, 2.45) is 0 Å². The summed E-state index contributed by atoms with van der Waals surface area (Å²) in [6.07, 6.45) is 5.46. The third-order valence-corrected chi connectivity index (χ3v) is 6.23. The Hall–Kier alpha value is -3.41. The quantitative estimate of drug-likeness (QED) is 0.409. The Labute approximate surface area is 190 Å². The molecule has 0 radical (unpaired) electrons. The molecule has 2 aromatic heterocycles. The summed E-state index contributed by atoms with van der Waals surface area (Å²) in [5.41, 5.74) is 1.60. The summed E-state index contributed by atoms with van der Waals surface area (Å²) in [6, 6.07) is 13.5. The van der Waals surface area contributed by atoms with Gasteiger partial charge in [-0.05, 0) is 36.4 Å². The highest BCUT2D eigenvalue weighted by molar-refractivity contribution is 7.09. The van der Waals surface area contributed by atoms with Gasteiger partial charge in [0.25, 0.3) is 5.91 Å². The van der Waals surface area contributed by atoms with Crippen molar-refractivity contribution in [3.05, 3.63) is 64.0 Å². The van der Waals surface area contributed by atoms with Gasteiger partial charge in [-0.25, -0.2) is 0 Å². The molecule has 4 rings (SSSR count). The van der Waals surface area contributed by atoms with Crippen LogP contribution in [0.3, 0.4) is 0 Å². The maximum atomic E-state index is 12.5.